The Morgan fingerprint density at radius 2 is 2.29 bits per heavy atom. The van der Waals surface area contributed by atoms with Crippen LogP contribution in [-0.4, -0.2) is 51.7 Å². The lowest BCUT2D eigenvalue weighted by atomic mass is 9.96. The number of fused-ring (bicyclic) bond motifs is 1. The highest BCUT2D eigenvalue weighted by atomic mass is 32.1. The molecule has 0 aromatic carbocycles. The van der Waals surface area contributed by atoms with Crippen molar-refractivity contribution in [3.8, 4) is 0 Å². The molecule has 28 heavy (non-hydrogen) atoms. The number of thiophene rings is 1. The van der Waals surface area contributed by atoms with Crippen LogP contribution in [0.5, 0.6) is 0 Å². The Morgan fingerprint density at radius 1 is 1.43 bits per heavy atom. The van der Waals surface area contributed by atoms with Gasteiger partial charge in [0.15, 0.2) is 5.76 Å². The van der Waals surface area contributed by atoms with Crippen LogP contribution in [-0.2, 0) is 11.3 Å². The third-order valence-electron chi connectivity index (χ3n) is 4.92. The van der Waals surface area contributed by atoms with Crippen LogP contribution >= 0.6 is 11.3 Å². The van der Waals surface area contributed by atoms with Gasteiger partial charge in [0, 0.05) is 20.1 Å². The van der Waals surface area contributed by atoms with E-state index in [0.29, 0.717) is 29.1 Å². The largest absolute Gasteiger partial charge is 0.459 e. The summed E-state index contributed by atoms with van der Waals surface area (Å²) < 4.78 is 5.76. The second-order valence-electron chi connectivity index (χ2n) is 6.91. The summed E-state index contributed by atoms with van der Waals surface area (Å²) in [5, 5.41) is 1.82. The number of carbonyl (C=O) groups excluding carboxylic acids is 2. The maximum Gasteiger partial charge on any atom is 0.289 e. The highest BCUT2D eigenvalue weighted by molar-refractivity contribution is 7.17. The van der Waals surface area contributed by atoms with Gasteiger partial charge in [0.25, 0.3) is 11.5 Å². The van der Waals surface area contributed by atoms with Gasteiger partial charge in [0.1, 0.15) is 10.5 Å². The van der Waals surface area contributed by atoms with Crippen molar-refractivity contribution < 1.29 is 14.0 Å². The number of H-pyrrole nitrogens is 1. The fourth-order valence-corrected chi connectivity index (χ4v) is 4.26. The van der Waals surface area contributed by atoms with Crippen LogP contribution < -0.4 is 5.56 Å². The first-order valence-corrected chi connectivity index (χ1v) is 9.95. The van der Waals surface area contributed by atoms with Gasteiger partial charge in [-0.3, -0.25) is 14.4 Å². The zero-order valence-electron chi connectivity index (χ0n) is 15.4. The zero-order valence-corrected chi connectivity index (χ0v) is 16.2. The number of carbonyl (C=O) groups is 2. The number of nitrogens with zero attached hydrogens (tertiary/aromatic N) is 3. The van der Waals surface area contributed by atoms with E-state index in [4.69, 9.17) is 4.42 Å². The third-order valence-corrected chi connectivity index (χ3v) is 5.82. The molecule has 0 saturated carbocycles. The molecule has 1 aliphatic heterocycles. The van der Waals surface area contributed by atoms with Gasteiger partial charge < -0.3 is 19.2 Å². The lowest BCUT2D eigenvalue weighted by Crippen LogP contribution is -2.45. The lowest BCUT2D eigenvalue weighted by Gasteiger charge is -2.33. The Bertz CT molecular complexity index is 1060. The second-order valence-corrected chi connectivity index (χ2v) is 7.83. The molecule has 4 heterocycles. The normalized spacial score (nSPS) is 17.0. The molecule has 2 amide bonds. The van der Waals surface area contributed by atoms with E-state index in [0.717, 1.165) is 12.8 Å². The molecular weight excluding hydrogens is 380 g/mol. The second kappa shape index (κ2) is 7.59. The van der Waals surface area contributed by atoms with Crippen molar-refractivity contribution in [1.82, 2.24) is 19.8 Å². The zero-order chi connectivity index (χ0) is 19.7. The number of furan rings is 1. The summed E-state index contributed by atoms with van der Waals surface area (Å²) >= 11 is 1.34. The van der Waals surface area contributed by atoms with E-state index in [1.807, 2.05) is 5.38 Å². The van der Waals surface area contributed by atoms with Crippen LogP contribution in [0.25, 0.3) is 10.2 Å². The Morgan fingerprint density at radius 3 is 3.07 bits per heavy atom. The number of likely N-dealkylation sites (tertiary alicyclic amines) is 1. The number of nitrogens with one attached hydrogen (secondary N) is 1. The molecular formula is C19H20N4O4S. The first-order chi connectivity index (χ1) is 13.5. The SMILES string of the molecule is CN(Cc1nc2ccsc2c(=O)[nH]1)C(=O)C1CCCN(C(=O)c2ccco2)C1. The Balaban J connectivity index is 1.44. The van der Waals surface area contributed by atoms with Crippen LogP contribution in [0.1, 0.15) is 29.2 Å². The van der Waals surface area contributed by atoms with Crippen molar-refractivity contribution in [2.75, 3.05) is 20.1 Å². The average Bonchev–Trinajstić information content (AvgIpc) is 3.39. The Kier molecular flexibility index (Phi) is 4.99. The highest BCUT2D eigenvalue weighted by Crippen LogP contribution is 2.21. The van der Waals surface area contributed by atoms with Crippen molar-refractivity contribution in [3.63, 3.8) is 0 Å². The smallest absolute Gasteiger partial charge is 0.289 e. The minimum Gasteiger partial charge on any atom is -0.459 e. The van der Waals surface area contributed by atoms with Gasteiger partial charge in [-0.15, -0.1) is 11.3 Å². The van der Waals surface area contributed by atoms with Gasteiger partial charge in [-0.1, -0.05) is 0 Å². The minimum atomic E-state index is -0.283. The van der Waals surface area contributed by atoms with E-state index < -0.39 is 0 Å². The molecule has 1 atom stereocenters. The number of piperidine rings is 1. The summed E-state index contributed by atoms with van der Waals surface area (Å²) in [4.78, 5) is 47.9. The molecule has 9 heteroatoms. The maximum absolute atomic E-state index is 12.9. The summed E-state index contributed by atoms with van der Waals surface area (Å²) in [6.45, 7) is 1.18. The van der Waals surface area contributed by atoms with Crippen molar-refractivity contribution in [3.05, 3.63) is 51.8 Å². The summed E-state index contributed by atoms with van der Waals surface area (Å²) in [5.41, 5.74) is 0.446. The van der Waals surface area contributed by atoms with E-state index >= 15 is 0 Å². The first-order valence-electron chi connectivity index (χ1n) is 9.07. The highest BCUT2D eigenvalue weighted by Gasteiger charge is 2.31. The maximum atomic E-state index is 12.9. The number of rotatable bonds is 4. The molecule has 3 aromatic rings. The predicted octanol–water partition coefficient (Wildman–Crippen LogP) is 2.09. The molecule has 8 nitrogen and oxygen atoms in total. The van der Waals surface area contributed by atoms with E-state index in [-0.39, 0.29) is 35.6 Å². The topological polar surface area (TPSA) is 99.5 Å². The fourth-order valence-electron chi connectivity index (χ4n) is 3.53. The molecule has 146 valence electrons. The molecule has 0 aliphatic carbocycles. The third kappa shape index (κ3) is 3.57. The van der Waals surface area contributed by atoms with Gasteiger partial charge in [-0.05, 0) is 36.4 Å². The van der Waals surface area contributed by atoms with Gasteiger partial charge in [0.2, 0.25) is 5.91 Å². The van der Waals surface area contributed by atoms with E-state index in [2.05, 4.69) is 9.97 Å². The van der Waals surface area contributed by atoms with Gasteiger partial charge in [-0.2, -0.15) is 0 Å². The van der Waals surface area contributed by atoms with Crippen LogP contribution in [0.15, 0.2) is 39.1 Å². The number of hydrogen-bond donors (Lipinski definition) is 1. The monoisotopic (exact) mass is 400 g/mol. The van der Waals surface area contributed by atoms with Crippen LogP contribution in [0, 0.1) is 5.92 Å². The number of amides is 2. The standard InChI is InChI=1S/C19H20N4O4S/c1-22(11-15-20-13-6-9-28-16(13)17(24)21-15)18(25)12-4-2-7-23(10-12)19(26)14-5-3-8-27-14/h3,5-6,8-9,12H,2,4,7,10-11H2,1H3,(H,20,21,24). The minimum absolute atomic E-state index is 0.0648. The first kappa shape index (κ1) is 18.4. The molecule has 3 aromatic heterocycles. The Hall–Kier alpha value is -2.94. The quantitative estimate of drug-likeness (QED) is 0.723. The molecule has 0 spiro atoms. The van der Waals surface area contributed by atoms with Crippen molar-refractivity contribution in [2.45, 2.75) is 19.4 Å². The molecule has 1 N–H and O–H groups in total. The van der Waals surface area contributed by atoms with Crippen molar-refractivity contribution in [2.24, 2.45) is 5.92 Å². The number of aromatic amines is 1. The average molecular weight is 400 g/mol. The number of aromatic nitrogens is 2. The molecule has 1 saturated heterocycles. The molecule has 0 bridgehead atoms. The van der Waals surface area contributed by atoms with Gasteiger partial charge in [-0.25, -0.2) is 4.98 Å². The molecule has 1 unspecified atom stereocenters. The molecule has 4 rings (SSSR count). The van der Waals surface area contributed by atoms with Crippen molar-refractivity contribution in [1.29, 1.82) is 0 Å². The van der Waals surface area contributed by atoms with Crippen molar-refractivity contribution >= 4 is 33.4 Å². The summed E-state index contributed by atoms with van der Waals surface area (Å²) in [5.74, 6) is 0.191. The molecule has 1 aliphatic rings. The van der Waals surface area contributed by atoms with Crippen LogP contribution in [0.4, 0.5) is 0 Å². The van der Waals surface area contributed by atoms with Crippen LogP contribution in [0.3, 0.4) is 0 Å². The summed E-state index contributed by atoms with van der Waals surface area (Å²) in [7, 11) is 1.69. The number of hydrogen-bond acceptors (Lipinski definition) is 6. The van der Waals surface area contributed by atoms with E-state index in [9.17, 15) is 14.4 Å². The van der Waals surface area contributed by atoms with Gasteiger partial charge in [0.05, 0.1) is 24.2 Å². The van der Waals surface area contributed by atoms with E-state index in [1.54, 1.807) is 35.0 Å². The van der Waals surface area contributed by atoms with E-state index in [1.165, 1.54) is 17.6 Å². The predicted molar refractivity (Wildman–Crippen MR) is 104 cm³/mol. The lowest BCUT2D eigenvalue weighted by molar-refractivity contribution is -0.136. The van der Waals surface area contributed by atoms with Gasteiger partial charge >= 0.3 is 0 Å². The Labute approximate surface area is 164 Å². The summed E-state index contributed by atoms with van der Waals surface area (Å²) in [6.07, 6.45) is 2.94. The summed E-state index contributed by atoms with van der Waals surface area (Å²) in [6, 6.07) is 5.09. The fraction of sp³-hybridized carbons (Fsp3) is 0.368. The van der Waals surface area contributed by atoms with Crippen LogP contribution in [0.2, 0.25) is 0 Å². The molecule has 0 radical (unpaired) electrons. The molecule has 1 fully saturated rings.